The molecule has 1 amide bonds. The average Bonchev–Trinajstić information content (AvgIpc) is 3.04. The largest absolute Gasteiger partial charge is 0.354 e. The second-order valence-electron chi connectivity index (χ2n) is 5.56. The fourth-order valence-electron chi connectivity index (χ4n) is 2.57. The molecule has 0 fully saturated rings. The lowest BCUT2D eigenvalue weighted by atomic mass is 10.00. The molecule has 0 bridgehead atoms. The summed E-state index contributed by atoms with van der Waals surface area (Å²) < 4.78 is 5.45. The lowest BCUT2D eigenvalue weighted by Crippen LogP contribution is -2.18. The number of hydrogen-bond acceptors (Lipinski definition) is 4. The van der Waals surface area contributed by atoms with E-state index in [1.165, 1.54) is 0 Å². The Morgan fingerprint density at radius 1 is 1.12 bits per heavy atom. The molecular formula is C18H15Cl2N3O2. The second-order valence-corrected chi connectivity index (χ2v) is 6.66. The van der Waals surface area contributed by atoms with Crippen molar-refractivity contribution in [1.82, 2.24) is 10.1 Å². The van der Waals surface area contributed by atoms with Gasteiger partial charge in [0.2, 0.25) is 0 Å². The van der Waals surface area contributed by atoms with Crippen molar-refractivity contribution < 1.29 is 9.32 Å². The Morgan fingerprint density at radius 3 is 2.52 bits per heavy atom. The second kappa shape index (κ2) is 7.25. The molecule has 3 rings (SSSR count). The fraction of sp³-hybridized carbons (Fsp3) is 0.167. The van der Waals surface area contributed by atoms with Gasteiger partial charge < -0.3 is 9.84 Å². The molecule has 3 aromatic rings. The number of rotatable bonds is 4. The van der Waals surface area contributed by atoms with Crippen molar-refractivity contribution >= 4 is 34.8 Å². The van der Waals surface area contributed by atoms with Gasteiger partial charge in [-0.2, -0.15) is 0 Å². The monoisotopic (exact) mass is 375 g/mol. The van der Waals surface area contributed by atoms with Crippen LogP contribution in [0.5, 0.6) is 0 Å². The first-order valence-electron chi connectivity index (χ1n) is 7.54. The molecule has 1 N–H and O–H groups in total. The van der Waals surface area contributed by atoms with Gasteiger partial charge in [-0.05, 0) is 37.1 Å². The summed E-state index contributed by atoms with van der Waals surface area (Å²) in [6, 6.07) is 11.2. The minimum atomic E-state index is -1.14. The van der Waals surface area contributed by atoms with Crippen molar-refractivity contribution in [1.29, 1.82) is 0 Å². The lowest BCUT2D eigenvalue weighted by Gasteiger charge is -2.06. The van der Waals surface area contributed by atoms with Crippen LogP contribution in [0.4, 0.5) is 5.69 Å². The molecule has 0 aliphatic heterocycles. The van der Waals surface area contributed by atoms with Gasteiger partial charge in [0.05, 0.1) is 0 Å². The Labute approximate surface area is 155 Å². The molecule has 0 saturated carbocycles. The number of aromatic nitrogens is 2. The number of aryl methyl sites for hydroxylation is 2. The van der Waals surface area contributed by atoms with Gasteiger partial charge in [-0.1, -0.05) is 46.6 Å². The molecule has 0 atom stereocenters. The van der Waals surface area contributed by atoms with Crippen molar-refractivity contribution in [2.45, 2.75) is 18.7 Å². The topological polar surface area (TPSA) is 68.0 Å². The van der Waals surface area contributed by atoms with Crippen molar-refractivity contribution in [2.75, 3.05) is 5.32 Å². The normalized spacial score (nSPS) is 10.9. The molecule has 2 aromatic heterocycles. The standard InChI is InChI=1S/C18H15Cl2N3O2/c1-10-4-3-5-11(2)16(10)14-9-15(25-23-14)13-8-12(6-7-21-13)22-18(24)17(19)20/h3-9,17H,1-2H3,(H,21,22,24). The van der Waals surface area contributed by atoms with Gasteiger partial charge in [0.25, 0.3) is 5.91 Å². The van der Waals surface area contributed by atoms with E-state index in [0.717, 1.165) is 22.4 Å². The van der Waals surface area contributed by atoms with Gasteiger partial charge in [-0.3, -0.25) is 9.78 Å². The molecule has 7 heteroatoms. The third-order valence-corrected chi connectivity index (χ3v) is 4.12. The number of carbonyl (C=O) groups excluding carboxylic acids is 1. The molecular weight excluding hydrogens is 361 g/mol. The van der Waals surface area contributed by atoms with Crippen LogP contribution in [-0.4, -0.2) is 20.9 Å². The maximum absolute atomic E-state index is 11.6. The number of nitrogens with zero attached hydrogens (tertiary/aromatic N) is 2. The SMILES string of the molecule is Cc1cccc(C)c1-c1cc(-c2cc(NC(=O)C(Cl)Cl)ccn2)on1. The molecule has 128 valence electrons. The van der Waals surface area contributed by atoms with Gasteiger partial charge in [-0.15, -0.1) is 0 Å². The van der Waals surface area contributed by atoms with Crippen LogP contribution in [0.15, 0.2) is 47.1 Å². The van der Waals surface area contributed by atoms with Crippen LogP contribution in [0.3, 0.4) is 0 Å². The van der Waals surface area contributed by atoms with Crippen molar-refractivity contribution in [3.05, 3.63) is 53.7 Å². The van der Waals surface area contributed by atoms with Crippen LogP contribution in [0.25, 0.3) is 22.7 Å². The van der Waals surface area contributed by atoms with E-state index in [2.05, 4.69) is 15.5 Å². The van der Waals surface area contributed by atoms with Crippen molar-refractivity contribution in [3.8, 4) is 22.7 Å². The zero-order chi connectivity index (χ0) is 18.0. The van der Waals surface area contributed by atoms with E-state index < -0.39 is 10.7 Å². The maximum atomic E-state index is 11.6. The molecule has 0 radical (unpaired) electrons. The van der Waals surface area contributed by atoms with Crippen molar-refractivity contribution in [3.63, 3.8) is 0 Å². The van der Waals surface area contributed by atoms with Gasteiger partial charge in [0.1, 0.15) is 11.4 Å². The summed E-state index contributed by atoms with van der Waals surface area (Å²) in [7, 11) is 0. The Morgan fingerprint density at radius 2 is 1.84 bits per heavy atom. The third-order valence-electron chi connectivity index (χ3n) is 3.73. The average molecular weight is 376 g/mol. The number of nitrogens with one attached hydrogen (secondary N) is 1. The first-order valence-corrected chi connectivity index (χ1v) is 8.41. The van der Waals surface area contributed by atoms with Crippen LogP contribution in [-0.2, 0) is 4.79 Å². The van der Waals surface area contributed by atoms with Gasteiger partial charge in [0, 0.05) is 23.5 Å². The predicted molar refractivity (Wildman–Crippen MR) is 98.8 cm³/mol. The Hall–Kier alpha value is -2.37. The summed E-state index contributed by atoms with van der Waals surface area (Å²) in [4.78, 5) is 14.7. The fourth-order valence-corrected chi connectivity index (χ4v) is 2.68. The molecule has 1 aromatic carbocycles. The molecule has 5 nitrogen and oxygen atoms in total. The summed E-state index contributed by atoms with van der Waals surface area (Å²) in [6.45, 7) is 4.06. The summed E-state index contributed by atoms with van der Waals surface area (Å²) in [5, 5.41) is 6.76. The summed E-state index contributed by atoms with van der Waals surface area (Å²) in [6.07, 6.45) is 1.56. The summed E-state index contributed by atoms with van der Waals surface area (Å²) in [5.41, 5.74) is 5.07. The van der Waals surface area contributed by atoms with Gasteiger partial charge in [-0.25, -0.2) is 0 Å². The number of carbonyl (C=O) groups is 1. The Kier molecular flexibility index (Phi) is 5.06. The van der Waals surface area contributed by atoms with E-state index in [1.807, 2.05) is 38.1 Å². The zero-order valence-corrected chi connectivity index (χ0v) is 15.1. The predicted octanol–water partition coefficient (Wildman–Crippen LogP) is 4.76. The molecule has 0 aliphatic rings. The quantitative estimate of drug-likeness (QED) is 0.667. The number of anilines is 1. The number of hydrogen-bond donors (Lipinski definition) is 1. The summed E-state index contributed by atoms with van der Waals surface area (Å²) in [5.74, 6) is -0.00340. The van der Waals surface area contributed by atoms with E-state index in [-0.39, 0.29) is 0 Å². The molecule has 2 heterocycles. The first kappa shape index (κ1) is 17.5. The maximum Gasteiger partial charge on any atom is 0.257 e. The van der Waals surface area contributed by atoms with Crippen LogP contribution >= 0.6 is 23.2 Å². The zero-order valence-electron chi connectivity index (χ0n) is 13.6. The molecule has 0 unspecified atom stereocenters. The van der Waals surface area contributed by atoms with Crippen LogP contribution in [0.1, 0.15) is 11.1 Å². The minimum Gasteiger partial charge on any atom is -0.354 e. The van der Waals surface area contributed by atoms with Gasteiger partial charge in [0.15, 0.2) is 10.6 Å². The molecule has 0 saturated heterocycles. The highest BCUT2D eigenvalue weighted by Gasteiger charge is 2.15. The molecule has 0 spiro atoms. The van der Waals surface area contributed by atoms with Crippen molar-refractivity contribution in [2.24, 2.45) is 0 Å². The minimum absolute atomic E-state index is 0.502. The third kappa shape index (κ3) is 3.83. The lowest BCUT2D eigenvalue weighted by molar-refractivity contribution is -0.114. The number of pyridine rings is 1. The number of benzene rings is 1. The van der Waals surface area contributed by atoms with Crippen LogP contribution in [0, 0.1) is 13.8 Å². The van der Waals surface area contributed by atoms with E-state index in [0.29, 0.717) is 17.1 Å². The van der Waals surface area contributed by atoms with Crippen LogP contribution in [0.2, 0.25) is 0 Å². The van der Waals surface area contributed by atoms with E-state index >= 15 is 0 Å². The number of amides is 1. The van der Waals surface area contributed by atoms with E-state index in [4.69, 9.17) is 27.7 Å². The Bertz CT molecular complexity index is 902. The highest BCUT2D eigenvalue weighted by atomic mass is 35.5. The molecule has 0 aliphatic carbocycles. The molecule has 25 heavy (non-hydrogen) atoms. The van der Waals surface area contributed by atoms with Crippen LogP contribution < -0.4 is 5.32 Å². The number of halogens is 2. The summed E-state index contributed by atoms with van der Waals surface area (Å²) >= 11 is 11.1. The smallest absolute Gasteiger partial charge is 0.257 e. The highest BCUT2D eigenvalue weighted by Crippen LogP contribution is 2.30. The Balaban J connectivity index is 1.92. The van der Waals surface area contributed by atoms with Gasteiger partial charge >= 0.3 is 0 Å². The number of alkyl halides is 2. The van der Waals surface area contributed by atoms with E-state index in [9.17, 15) is 4.79 Å². The highest BCUT2D eigenvalue weighted by molar-refractivity contribution is 6.54. The van der Waals surface area contributed by atoms with E-state index in [1.54, 1.807) is 18.3 Å². The first-order chi connectivity index (χ1) is 12.0.